The van der Waals surface area contributed by atoms with E-state index in [0.717, 1.165) is 11.3 Å². The van der Waals surface area contributed by atoms with Crippen LogP contribution in [0.25, 0.3) is 0 Å². The van der Waals surface area contributed by atoms with Crippen LogP contribution in [0, 0.1) is 12.8 Å². The van der Waals surface area contributed by atoms with Crippen LogP contribution in [-0.4, -0.2) is 21.5 Å². The lowest BCUT2D eigenvalue weighted by molar-refractivity contribution is 0.559. The van der Waals surface area contributed by atoms with Crippen LogP contribution in [0.5, 0.6) is 0 Å². The molecule has 0 saturated carbocycles. The molecule has 1 aromatic rings. The standard InChI is InChI=1S/C13H22N2O2S/c1-9(2)11(4)15-12-7-6-10(3)13(8-12)18(16,17)14-5/h6-9,11,14-15H,1-5H3. The topological polar surface area (TPSA) is 58.2 Å². The number of hydrogen-bond donors (Lipinski definition) is 2. The summed E-state index contributed by atoms with van der Waals surface area (Å²) < 4.78 is 26.1. The minimum absolute atomic E-state index is 0.290. The van der Waals surface area contributed by atoms with Crippen LogP contribution in [0.15, 0.2) is 23.1 Å². The number of hydrogen-bond acceptors (Lipinski definition) is 3. The molecule has 1 aromatic carbocycles. The minimum atomic E-state index is -3.40. The van der Waals surface area contributed by atoms with Crippen LogP contribution in [0.2, 0.25) is 0 Å². The Labute approximate surface area is 110 Å². The molecule has 102 valence electrons. The second kappa shape index (κ2) is 5.71. The van der Waals surface area contributed by atoms with Crippen LogP contribution < -0.4 is 10.0 Å². The van der Waals surface area contributed by atoms with Crippen molar-refractivity contribution in [3.63, 3.8) is 0 Å². The van der Waals surface area contributed by atoms with Gasteiger partial charge in [-0.15, -0.1) is 0 Å². The smallest absolute Gasteiger partial charge is 0.240 e. The summed E-state index contributed by atoms with van der Waals surface area (Å²) in [6.07, 6.45) is 0. The largest absolute Gasteiger partial charge is 0.382 e. The van der Waals surface area contributed by atoms with Crippen molar-refractivity contribution in [2.24, 2.45) is 5.92 Å². The normalized spacial score (nSPS) is 13.7. The molecule has 1 rings (SSSR count). The fourth-order valence-corrected chi connectivity index (χ4v) is 2.51. The van der Waals surface area contributed by atoms with Gasteiger partial charge in [0.05, 0.1) is 4.90 Å². The van der Waals surface area contributed by atoms with Crippen LogP contribution in [-0.2, 0) is 10.0 Å². The Bertz CT molecular complexity index is 510. The van der Waals surface area contributed by atoms with E-state index in [9.17, 15) is 8.42 Å². The first-order chi connectivity index (χ1) is 8.27. The third kappa shape index (κ3) is 3.46. The van der Waals surface area contributed by atoms with Gasteiger partial charge in [-0.05, 0) is 44.5 Å². The van der Waals surface area contributed by atoms with Gasteiger partial charge < -0.3 is 5.32 Å². The summed E-state index contributed by atoms with van der Waals surface area (Å²) in [6, 6.07) is 5.69. The number of benzene rings is 1. The highest BCUT2D eigenvalue weighted by atomic mass is 32.2. The summed E-state index contributed by atoms with van der Waals surface area (Å²) in [7, 11) is -1.98. The Morgan fingerprint density at radius 1 is 1.17 bits per heavy atom. The van der Waals surface area contributed by atoms with Crippen molar-refractivity contribution in [2.75, 3.05) is 12.4 Å². The maximum atomic E-state index is 11.9. The van der Waals surface area contributed by atoms with Crippen molar-refractivity contribution in [2.45, 2.75) is 38.6 Å². The number of aryl methyl sites for hydroxylation is 1. The van der Waals surface area contributed by atoms with Gasteiger partial charge in [0.1, 0.15) is 0 Å². The molecular weight excluding hydrogens is 248 g/mol. The van der Waals surface area contributed by atoms with E-state index in [1.807, 2.05) is 12.1 Å². The summed E-state index contributed by atoms with van der Waals surface area (Å²) >= 11 is 0. The van der Waals surface area contributed by atoms with E-state index in [4.69, 9.17) is 0 Å². The molecule has 0 amide bonds. The van der Waals surface area contributed by atoms with E-state index < -0.39 is 10.0 Å². The molecule has 1 unspecified atom stereocenters. The van der Waals surface area contributed by atoms with Crippen LogP contribution in [0.1, 0.15) is 26.3 Å². The third-order valence-corrected chi connectivity index (χ3v) is 4.70. The van der Waals surface area contributed by atoms with Gasteiger partial charge in [0, 0.05) is 11.7 Å². The van der Waals surface area contributed by atoms with E-state index in [1.165, 1.54) is 7.05 Å². The van der Waals surface area contributed by atoms with Crippen LogP contribution >= 0.6 is 0 Å². The lowest BCUT2D eigenvalue weighted by atomic mass is 10.1. The van der Waals surface area contributed by atoms with Crippen molar-refractivity contribution >= 4 is 15.7 Å². The molecule has 0 spiro atoms. The molecule has 0 heterocycles. The van der Waals surface area contributed by atoms with E-state index in [-0.39, 0.29) is 6.04 Å². The molecule has 0 fully saturated rings. The van der Waals surface area contributed by atoms with E-state index in [2.05, 4.69) is 30.8 Å². The van der Waals surface area contributed by atoms with Gasteiger partial charge in [-0.25, -0.2) is 13.1 Å². The summed E-state index contributed by atoms with van der Waals surface area (Å²) in [5.74, 6) is 0.482. The van der Waals surface area contributed by atoms with Crippen molar-refractivity contribution in [1.82, 2.24) is 4.72 Å². The maximum Gasteiger partial charge on any atom is 0.240 e. The van der Waals surface area contributed by atoms with Gasteiger partial charge in [0.15, 0.2) is 0 Å². The SMILES string of the molecule is CNS(=O)(=O)c1cc(NC(C)C(C)C)ccc1C. The first kappa shape index (κ1) is 15.0. The second-order valence-electron chi connectivity index (χ2n) is 4.86. The fourth-order valence-electron chi connectivity index (χ4n) is 1.52. The summed E-state index contributed by atoms with van der Waals surface area (Å²) in [5, 5.41) is 3.31. The Hall–Kier alpha value is -1.07. The predicted octanol–water partition coefficient (Wildman–Crippen LogP) is 2.36. The van der Waals surface area contributed by atoms with Gasteiger partial charge >= 0.3 is 0 Å². The third-order valence-electron chi connectivity index (χ3n) is 3.14. The fraction of sp³-hybridized carbons (Fsp3) is 0.538. The van der Waals surface area contributed by atoms with E-state index in [0.29, 0.717) is 10.8 Å². The van der Waals surface area contributed by atoms with Gasteiger partial charge in [0.2, 0.25) is 10.0 Å². The zero-order valence-corrected chi connectivity index (χ0v) is 12.4. The molecular formula is C13H22N2O2S. The lowest BCUT2D eigenvalue weighted by Crippen LogP contribution is -2.23. The van der Waals surface area contributed by atoms with Gasteiger partial charge in [-0.3, -0.25) is 0 Å². The highest BCUT2D eigenvalue weighted by Gasteiger charge is 2.16. The highest BCUT2D eigenvalue weighted by Crippen LogP contribution is 2.21. The molecule has 18 heavy (non-hydrogen) atoms. The molecule has 1 atom stereocenters. The molecule has 0 radical (unpaired) electrons. The molecule has 2 N–H and O–H groups in total. The monoisotopic (exact) mass is 270 g/mol. The number of sulfonamides is 1. The molecule has 4 nitrogen and oxygen atoms in total. The van der Waals surface area contributed by atoms with Gasteiger partial charge in [0.25, 0.3) is 0 Å². The molecule has 0 aromatic heterocycles. The first-order valence-corrected chi connectivity index (χ1v) is 7.57. The van der Waals surface area contributed by atoms with Crippen molar-refractivity contribution in [3.05, 3.63) is 23.8 Å². The maximum absolute atomic E-state index is 11.9. The first-order valence-electron chi connectivity index (χ1n) is 6.08. The average molecular weight is 270 g/mol. The Morgan fingerprint density at radius 3 is 2.28 bits per heavy atom. The Morgan fingerprint density at radius 2 is 1.78 bits per heavy atom. The van der Waals surface area contributed by atoms with Crippen LogP contribution in [0.4, 0.5) is 5.69 Å². The highest BCUT2D eigenvalue weighted by molar-refractivity contribution is 7.89. The molecule has 0 bridgehead atoms. The summed E-state index contributed by atoms with van der Waals surface area (Å²) in [5.41, 5.74) is 1.57. The van der Waals surface area contributed by atoms with E-state index in [1.54, 1.807) is 13.0 Å². The molecule has 5 heteroatoms. The predicted molar refractivity (Wildman–Crippen MR) is 75.3 cm³/mol. The lowest BCUT2D eigenvalue weighted by Gasteiger charge is -2.19. The van der Waals surface area contributed by atoms with Crippen molar-refractivity contribution in [3.8, 4) is 0 Å². The van der Waals surface area contributed by atoms with E-state index >= 15 is 0 Å². The number of rotatable bonds is 5. The van der Waals surface area contributed by atoms with Crippen molar-refractivity contribution < 1.29 is 8.42 Å². The van der Waals surface area contributed by atoms with Gasteiger partial charge in [-0.2, -0.15) is 0 Å². The van der Waals surface area contributed by atoms with Crippen molar-refractivity contribution in [1.29, 1.82) is 0 Å². The Balaban J connectivity index is 3.09. The van der Waals surface area contributed by atoms with Gasteiger partial charge in [-0.1, -0.05) is 19.9 Å². The molecule has 0 aliphatic heterocycles. The average Bonchev–Trinajstić information content (AvgIpc) is 2.31. The molecule has 0 aliphatic rings. The molecule has 0 saturated heterocycles. The second-order valence-corrected chi connectivity index (χ2v) is 6.72. The zero-order valence-electron chi connectivity index (χ0n) is 11.6. The Kier molecular flexibility index (Phi) is 4.76. The van der Waals surface area contributed by atoms with Crippen LogP contribution in [0.3, 0.4) is 0 Å². The summed E-state index contributed by atoms with van der Waals surface area (Å²) in [4.78, 5) is 0.325. The zero-order chi connectivity index (χ0) is 13.9. The summed E-state index contributed by atoms with van der Waals surface area (Å²) in [6.45, 7) is 8.12. The number of anilines is 1. The minimum Gasteiger partial charge on any atom is -0.382 e. The quantitative estimate of drug-likeness (QED) is 0.863. The molecule has 0 aliphatic carbocycles. The number of nitrogens with one attached hydrogen (secondary N) is 2.